The molecule has 0 spiro atoms. The van der Waals surface area contributed by atoms with Crippen molar-refractivity contribution < 1.29 is 19.0 Å². The predicted molar refractivity (Wildman–Crippen MR) is 91.4 cm³/mol. The van der Waals surface area contributed by atoms with E-state index < -0.39 is 11.7 Å². The number of aromatic amines is 1. The molecule has 130 valence electrons. The van der Waals surface area contributed by atoms with Gasteiger partial charge in [-0.05, 0) is 26.8 Å². The van der Waals surface area contributed by atoms with Crippen LogP contribution >= 0.6 is 0 Å². The Kier molecular flexibility index (Phi) is 4.87. The number of hydrogen-bond donors (Lipinski definition) is 3. The zero-order valence-electron chi connectivity index (χ0n) is 14.4. The van der Waals surface area contributed by atoms with Crippen LogP contribution in [0.25, 0.3) is 11.3 Å². The van der Waals surface area contributed by atoms with Gasteiger partial charge in [0.25, 0.3) is 0 Å². The Morgan fingerprint density at radius 2 is 1.83 bits per heavy atom. The second kappa shape index (κ2) is 6.69. The molecule has 0 radical (unpaired) electrons. The molecular weight excluding hydrogens is 312 g/mol. The third-order valence-electron chi connectivity index (χ3n) is 3.10. The third kappa shape index (κ3) is 3.89. The number of carbonyl (C=O) groups is 1. The lowest BCUT2D eigenvalue weighted by Gasteiger charge is -2.21. The van der Waals surface area contributed by atoms with E-state index in [-0.39, 0.29) is 0 Å². The molecule has 0 fully saturated rings. The maximum absolute atomic E-state index is 12.1. The lowest BCUT2D eigenvalue weighted by molar-refractivity contribution is 0.0636. The first-order chi connectivity index (χ1) is 11.2. The number of rotatable bonds is 4. The van der Waals surface area contributed by atoms with Crippen LogP contribution in [0.2, 0.25) is 0 Å². The largest absolute Gasteiger partial charge is 0.493 e. The Morgan fingerprint density at radius 3 is 2.33 bits per heavy atom. The first-order valence-corrected chi connectivity index (χ1v) is 7.30. The highest BCUT2D eigenvalue weighted by Crippen LogP contribution is 2.39. The maximum atomic E-state index is 12.1. The molecule has 2 rings (SSSR count). The maximum Gasteiger partial charge on any atom is 0.412 e. The smallest absolute Gasteiger partial charge is 0.412 e. The molecule has 0 aliphatic rings. The highest BCUT2D eigenvalue weighted by molar-refractivity contribution is 5.94. The van der Waals surface area contributed by atoms with Crippen LogP contribution in [0.3, 0.4) is 0 Å². The summed E-state index contributed by atoms with van der Waals surface area (Å²) in [5, 5.41) is 9.43. The van der Waals surface area contributed by atoms with Crippen LogP contribution in [-0.4, -0.2) is 36.1 Å². The Hall–Kier alpha value is -2.90. The normalized spacial score (nSPS) is 11.0. The van der Waals surface area contributed by atoms with Crippen molar-refractivity contribution in [3.05, 3.63) is 18.3 Å². The van der Waals surface area contributed by atoms with Gasteiger partial charge in [0.1, 0.15) is 5.60 Å². The Morgan fingerprint density at radius 1 is 1.21 bits per heavy atom. The molecule has 4 N–H and O–H groups in total. The summed E-state index contributed by atoms with van der Waals surface area (Å²) in [6, 6.07) is 3.34. The number of benzene rings is 1. The molecule has 0 bridgehead atoms. The van der Waals surface area contributed by atoms with Crippen LogP contribution in [0.15, 0.2) is 18.3 Å². The summed E-state index contributed by atoms with van der Waals surface area (Å²) in [6.07, 6.45) is 0.901. The Balaban J connectivity index is 2.48. The average Bonchev–Trinajstić information content (AvgIpc) is 2.90. The van der Waals surface area contributed by atoms with Crippen molar-refractivity contribution in [3.8, 4) is 22.8 Å². The number of hydrogen-bond acceptors (Lipinski definition) is 6. The fourth-order valence-electron chi connectivity index (χ4n) is 2.11. The number of nitrogens with zero attached hydrogens (tertiary/aromatic N) is 1. The number of nitrogens with two attached hydrogens (primary N) is 1. The first kappa shape index (κ1) is 17.5. The predicted octanol–water partition coefficient (Wildman–Crippen LogP) is 3.02. The number of H-pyrrole nitrogens is 1. The van der Waals surface area contributed by atoms with Crippen LogP contribution in [0.4, 0.5) is 16.2 Å². The standard InChI is InChI=1S/C16H22N4O4/c1-16(2,3)24-15(21)19-11-7-13(23-5)12(22-4)6-9(11)14-10(17)8-18-20-14/h6-8H,17H2,1-5H3,(H,18,20)(H,19,21). The highest BCUT2D eigenvalue weighted by atomic mass is 16.6. The fraction of sp³-hybridized carbons (Fsp3) is 0.375. The van der Waals surface area contributed by atoms with Crippen molar-refractivity contribution in [1.29, 1.82) is 0 Å². The number of methoxy groups -OCH3 is 2. The molecule has 24 heavy (non-hydrogen) atoms. The Labute approximate surface area is 140 Å². The van der Waals surface area contributed by atoms with Crippen molar-refractivity contribution >= 4 is 17.5 Å². The van der Waals surface area contributed by atoms with Gasteiger partial charge in [-0.25, -0.2) is 4.79 Å². The number of amides is 1. The average molecular weight is 334 g/mol. The van der Waals surface area contributed by atoms with Crippen LogP contribution in [0.1, 0.15) is 20.8 Å². The van der Waals surface area contributed by atoms with Crippen LogP contribution in [0, 0.1) is 0 Å². The summed E-state index contributed by atoms with van der Waals surface area (Å²) >= 11 is 0. The quantitative estimate of drug-likeness (QED) is 0.792. The molecule has 1 heterocycles. The molecule has 8 heteroatoms. The minimum Gasteiger partial charge on any atom is -0.493 e. The molecule has 0 aliphatic heterocycles. The van der Waals surface area contributed by atoms with E-state index in [0.717, 1.165) is 0 Å². The van der Waals surface area contributed by atoms with Gasteiger partial charge in [-0.15, -0.1) is 0 Å². The van der Waals surface area contributed by atoms with Gasteiger partial charge in [-0.2, -0.15) is 5.10 Å². The number of anilines is 2. The monoisotopic (exact) mass is 334 g/mol. The fourth-order valence-corrected chi connectivity index (χ4v) is 2.11. The van der Waals surface area contributed by atoms with E-state index in [1.54, 1.807) is 32.9 Å². The summed E-state index contributed by atoms with van der Waals surface area (Å²) < 4.78 is 15.9. The SMILES string of the molecule is COc1cc(NC(=O)OC(C)(C)C)c(-c2[nH]ncc2N)cc1OC. The van der Waals surface area contributed by atoms with Crippen LogP contribution < -0.4 is 20.5 Å². The van der Waals surface area contributed by atoms with Crippen LogP contribution in [-0.2, 0) is 4.74 Å². The first-order valence-electron chi connectivity index (χ1n) is 7.30. The molecule has 1 aromatic carbocycles. The summed E-state index contributed by atoms with van der Waals surface area (Å²) in [5.74, 6) is 0.960. The molecule has 2 aromatic rings. The Bertz CT molecular complexity index is 734. The van der Waals surface area contributed by atoms with E-state index >= 15 is 0 Å². The molecule has 0 unspecified atom stereocenters. The van der Waals surface area contributed by atoms with Crippen molar-refractivity contribution in [2.75, 3.05) is 25.3 Å². The van der Waals surface area contributed by atoms with Gasteiger partial charge >= 0.3 is 6.09 Å². The summed E-state index contributed by atoms with van der Waals surface area (Å²) in [6.45, 7) is 5.36. The van der Waals surface area contributed by atoms with E-state index in [2.05, 4.69) is 15.5 Å². The minimum absolute atomic E-state index is 0.439. The van der Waals surface area contributed by atoms with Crippen LogP contribution in [0.5, 0.6) is 11.5 Å². The number of aromatic nitrogens is 2. The highest BCUT2D eigenvalue weighted by Gasteiger charge is 2.21. The molecule has 0 saturated carbocycles. The number of carbonyl (C=O) groups excluding carboxylic acids is 1. The van der Waals surface area contributed by atoms with E-state index in [0.29, 0.717) is 34.1 Å². The van der Waals surface area contributed by atoms with Gasteiger partial charge < -0.3 is 19.9 Å². The van der Waals surface area contributed by atoms with Crippen molar-refractivity contribution in [1.82, 2.24) is 10.2 Å². The molecule has 0 aliphatic carbocycles. The molecule has 1 aromatic heterocycles. The molecule has 1 amide bonds. The molecule has 0 atom stereocenters. The second-order valence-electron chi connectivity index (χ2n) is 6.08. The van der Waals surface area contributed by atoms with E-state index in [4.69, 9.17) is 19.9 Å². The number of ether oxygens (including phenoxy) is 3. The van der Waals surface area contributed by atoms with Gasteiger partial charge in [-0.1, -0.05) is 0 Å². The van der Waals surface area contributed by atoms with Crippen molar-refractivity contribution in [2.45, 2.75) is 26.4 Å². The lowest BCUT2D eigenvalue weighted by atomic mass is 10.1. The zero-order chi connectivity index (χ0) is 17.9. The van der Waals surface area contributed by atoms with Crippen molar-refractivity contribution in [2.24, 2.45) is 0 Å². The van der Waals surface area contributed by atoms with Gasteiger partial charge in [-0.3, -0.25) is 10.4 Å². The number of nitrogen functional groups attached to an aromatic ring is 1. The lowest BCUT2D eigenvalue weighted by Crippen LogP contribution is -2.27. The molecule has 8 nitrogen and oxygen atoms in total. The number of nitrogens with one attached hydrogen (secondary N) is 2. The van der Waals surface area contributed by atoms with Crippen molar-refractivity contribution in [3.63, 3.8) is 0 Å². The molecule has 0 saturated heterocycles. The summed E-state index contributed by atoms with van der Waals surface area (Å²) in [5.41, 5.74) is 7.37. The summed E-state index contributed by atoms with van der Waals surface area (Å²) in [4.78, 5) is 12.1. The molecular formula is C16H22N4O4. The van der Waals surface area contributed by atoms with Gasteiger partial charge in [0.15, 0.2) is 11.5 Å². The van der Waals surface area contributed by atoms with E-state index in [1.165, 1.54) is 20.4 Å². The zero-order valence-corrected chi connectivity index (χ0v) is 14.4. The second-order valence-corrected chi connectivity index (χ2v) is 6.08. The van der Waals surface area contributed by atoms with E-state index in [1.807, 2.05) is 0 Å². The topological polar surface area (TPSA) is 111 Å². The third-order valence-corrected chi connectivity index (χ3v) is 3.10. The van der Waals surface area contributed by atoms with Gasteiger partial charge in [0.2, 0.25) is 0 Å². The van der Waals surface area contributed by atoms with E-state index in [9.17, 15) is 4.79 Å². The summed E-state index contributed by atoms with van der Waals surface area (Å²) in [7, 11) is 3.04. The van der Waals surface area contributed by atoms with Gasteiger partial charge in [0.05, 0.1) is 37.5 Å². The van der Waals surface area contributed by atoms with Gasteiger partial charge in [0, 0.05) is 11.6 Å². The minimum atomic E-state index is -0.617.